The second kappa shape index (κ2) is 5.52. The van der Waals surface area contributed by atoms with Crippen molar-refractivity contribution in [2.24, 2.45) is 0 Å². The number of fused-ring (bicyclic) bond motifs is 1. The molecule has 2 heterocycles. The monoisotopic (exact) mass is 312 g/mol. The van der Waals surface area contributed by atoms with Crippen molar-refractivity contribution < 1.29 is 0 Å². The third-order valence-electron chi connectivity index (χ3n) is 3.94. The largest absolute Gasteiger partial charge is 0.344 e. The van der Waals surface area contributed by atoms with Gasteiger partial charge in [0, 0.05) is 28.9 Å². The summed E-state index contributed by atoms with van der Waals surface area (Å²) in [6.45, 7) is 0. The van der Waals surface area contributed by atoms with Gasteiger partial charge in [0.1, 0.15) is 5.82 Å². The minimum Gasteiger partial charge on any atom is -0.344 e. The molecule has 4 aromatic rings. The number of hydrogen-bond acceptors (Lipinski definition) is 3. The maximum Gasteiger partial charge on any atom is 0.260 e. The lowest BCUT2D eigenvalue weighted by molar-refractivity contribution is 1.24. The maximum atomic E-state index is 12.7. The van der Waals surface area contributed by atoms with Gasteiger partial charge >= 0.3 is 0 Å². The van der Waals surface area contributed by atoms with Crippen LogP contribution in [0.3, 0.4) is 0 Å². The Kier molecular flexibility index (Phi) is 3.22. The molecule has 2 aromatic heterocycles. The van der Waals surface area contributed by atoms with Gasteiger partial charge in [-0.3, -0.25) is 4.79 Å². The second-order valence-electron chi connectivity index (χ2n) is 5.38. The van der Waals surface area contributed by atoms with Crippen LogP contribution in [0.5, 0.6) is 0 Å². The summed E-state index contributed by atoms with van der Waals surface area (Å²) in [5.41, 5.74) is 3.14. The summed E-state index contributed by atoms with van der Waals surface area (Å²) in [7, 11) is 0. The number of H-pyrrole nitrogens is 2. The molecule has 2 aromatic carbocycles. The highest BCUT2D eigenvalue weighted by Crippen LogP contribution is 2.33. The Bertz CT molecular complexity index is 1120. The van der Waals surface area contributed by atoms with Gasteiger partial charge in [-0.2, -0.15) is 5.26 Å². The number of imidazole rings is 1. The molecule has 0 aliphatic carbocycles. The van der Waals surface area contributed by atoms with Gasteiger partial charge in [0.2, 0.25) is 0 Å². The summed E-state index contributed by atoms with van der Waals surface area (Å²) >= 11 is 0. The summed E-state index contributed by atoms with van der Waals surface area (Å²) in [6, 6.07) is 17.0. The standard InChI is InChI=1S/C19H12N4O/c20-11-12-6-7-15-14(10-12)16(13-4-2-1-3-5-13)17(19(24)23-15)18-21-8-9-22-18/h1-10H,(H,21,22)(H,23,24). The van der Waals surface area contributed by atoms with Gasteiger partial charge < -0.3 is 9.97 Å². The van der Waals surface area contributed by atoms with Gasteiger partial charge in [0.25, 0.3) is 5.56 Å². The van der Waals surface area contributed by atoms with E-state index in [1.54, 1.807) is 30.6 Å². The first-order valence-corrected chi connectivity index (χ1v) is 7.43. The van der Waals surface area contributed by atoms with Crippen LogP contribution in [0.15, 0.2) is 65.7 Å². The van der Waals surface area contributed by atoms with E-state index < -0.39 is 0 Å². The Hall–Kier alpha value is -3.65. The number of aromatic amines is 2. The molecule has 2 N–H and O–H groups in total. The van der Waals surface area contributed by atoms with Crippen molar-refractivity contribution in [2.75, 3.05) is 0 Å². The van der Waals surface area contributed by atoms with Crippen molar-refractivity contribution in [3.63, 3.8) is 0 Å². The van der Waals surface area contributed by atoms with Crippen molar-refractivity contribution >= 4 is 10.9 Å². The van der Waals surface area contributed by atoms with Crippen molar-refractivity contribution in [3.8, 4) is 28.6 Å². The van der Waals surface area contributed by atoms with Gasteiger partial charge in [-0.15, -0.1) is 0 Å². The zero-order valence-electron chi connectivity index (χ0n) is 12.6. The quantitative estimate of drug-likeness (QED) is 0.594. The zero-order valence-corrected chi connectivity index (χ0v) is 12.6. The van der Waals surface area contributed by atoms with E-state index >= 15 is 0 Å². The molecule has 0 saturated heterocycles. The van der Waals surface area contributed by atoms with E-state index in [-0.39, 0.29) is 5.56 Å². The molecule has 4 rings (SSSR count). The lowest BCUT2D eigenvalue weighted by Gasteiger charge is -2.12. The molecule has 0 amide bonds. The number of nitrogens with one attached hydrogen (secondary N) is 2. The lowest BCUT2D eigenvalue weighted by Crippen LogP contribution is -2.12. The molecule has 114 valence electrons. The topological polar surface area (TPSA) is 85.3 Å². The third-order valence-corrected chi connectivity index (χ3v) is 3.94. The molecular weight excluding hydrogens is 300 g/mol. The molecule has 0 aliphatic heterocycles. The lowest BCUT2D eigenvalue weighted by atomic mass is 9.95. The molecule has 0 spiro atoms. The van der Waals surface area contributed by atoms with Gasteiger partial charge in [-0.25, -0.2) is 4.98 Å². The van der Waals surface area contributed by atoms with E-state index in [1.807, 2.05) is 30.3 Å². The average Bonchev–Trinajstić information content (AvgIpc) is 3.15. The first-order chi connectivity index (χ1) is 11.8. The van der Waals surface area contributed by atoms with Crippen LogP contribution >= 0.6 is 0 Å². The number of nitrogens with zero attached hydrogens (tertiary/aromatic N) is 2. The fourth-order valence-corrected chi connectivity index (χ4v) is 2.90. The predicted molar refractivity (Wildman–Crippen MR) is 92.3 cm³/mol. The first-order valence-electron chi connectivity index (χ1n) is 7.43. The maximum absolute atomic E-state index is 12.7. The number of aromatic nitrogens is 3. The Labute approximate surface area is 137 Å². The highest BCUT2D eigenvalue weighted by Gasteiger charge is 2.18. The van der Waals surface area contributed by atoms with Crippen LogP contribution in [0.4, 0.5) is 0 Å². The van der Waals surface area contributed by atoms with E-state index in [9.17, 15) is 10.1 Å². The number of hydrogen-bond donors (Lipinski definition) is 2. The SMILES string of the molecule is N#Cc1ccc2[nH]c(=O)c(-c3ncc[nH]3)c(-c3ccccc3)c2c1. The Morgan fingerprint density at radius 2 is 1.88 bits per heavy atom. The normalized spacial score (nSPS) is 10.6. The van der Waals surface area contributed by atoms with Gasteiger partial charge in [0.05, 0.1) is 17.2 Å². The Morgan fingerprint density at radius 1 is 1.04 bits per heavy atom. The highest BCUT2D eigenvalue weighted by atomic mass is 16.1. The van der Waals surface area contributed by atoms with E-state index in [2.05, 4.69) is 21.0 Å². The summed E-state index contributed by atoms with van der Waals surface area (Å²) < 4.78 is 0. The number of rotatable bonds is 2. The molecule has 0 fully saturated rings. The van der Waals surface area contributed by atoms with Crippen LogP contribution in [-0.4, -0.2) is 15.0 Å². The summed E-state index contributed by atoms with van der Waals surface area (Å²) in [5.74, 6) is 0.499. The van der Waals surface area contributed by atoms with Crippen LogP contribution in [0.25, 0.3) is 33.4 Å². The molecule has 0 radical (unpaired) electrons. The van der Waals surface area contributed by atoms with Crippen LogP contribution in [0, 0.1) is 11.3 Å². The fourth-order valence-electron chi connectivity index (χ4n) is 2.90. The number of benzene rings is 2. The second-order valence-corrected chi connectivity index (χ2v) is 5.38. The Balaban J connectivity index is 2.20. The summed E-state index contributed by atoms with van der Waals surface area (Å²) in [6.07, 6.45) is 3.29. The van der Waals surface area contributed by atoms with Crippen LogP contribution < -0.4 is 5.56 Å². The Morgan fingerprint density at radius 3 is 2.58 bits per heavy atom. The molecule has 0 aliphatic rings. The molecule has 24 heavy (non-hydrogen) atoms. The fraction of sp³-hybridized carbons (Fsp3) is 0. The minimum atomic E-state index is -0.221. The van der Waals surface area contributed by atoms with Gasteiger partial charge in [-0.1, -0.05) is 30.3 Å². The van der Waals surface area contributed by atoms with Gasteiger partial charge in [-0.05, 0) is 23.8 Å². The van der Waals surface area contributed by atoms with Crippen molar-refractivity contribution in [1.29, 1.82) is 5.26 Å². The van der Waals surface area contributed by atoms with Crippen LogP contribution in [-0.2, 0) is 0 Å². The highest BCUT2D eigenvalue weighted by molar-refractivity contribution is 6.01. The molecule has 5 heteroatoms. The van der Waals surface area contributed by atoms with Crippen molar-refractivity contribution in [2.45, 2.75) is 0 Å². The molecule has 0 saturated carbocycles. The van der Waals surface area contributed by atoms with Gasteiger partial charge in [0.15, 0.2) is 0 Å². The third kappa shape index (κ3) is 2.18. The first kappa shape index (κ1) is 14.0. The molecule has 0 unspecified atom stereocenters. The van der Waals surface area contributed by atoms with E-state index in [4.69, 9.17) is 0 Å². The molecular formula is C19H12N4O. The summed E-state index contributed by atoms with van der Waals surface area (Å²) in [5, 5.41) is 10.0. The average molecular weight is 312 g/mol. The van der Waals surface area contributed by atoms with Crippen LogP contribution in [0.2, 0.25) is 0 Å². The predicted octanol–water partition coefficient (Wildman–Crippen LogP) is 3.46. The number of nitriles is 1. The van der Waals surface area contributed by atoms with Crippen molar-refractivity contribution in [1.82, 2.24) is 15.0 Å². The molecule has 0 bridgehead atoms. The smallest absolute Gasteiger partial charge is 0.260 e. The summed E-state index contributed by atoms with van der Waals surface area (Å²) in [4.78, 5) is 22.8. The minimum absolute atomic E-state index is 0.221. The zero-order chi connectivity index (χ0) is 16.5. The molecule has 5 nitrogen and oxygen atoms in total. The van der Waals surface area contributed by atoms with E-state index in [1.165, 1.54) is 0 Å². The van der Waals surface area contributed by atoms with E-state index in [0.29, 0.717) is 22.5 Å². The van der Waals surface area contributed by atoms with E-state index in [0.717, 1.165) is 16.5 Å². The number of pyridine rings is 1. The molecule has 0 atom stereocenters. The van der Waals surface area contributed by atoms with Crippen LogP contribution in [0.1, 0.15) is 5.56 Å². The van der Waals surface area contributed by atoms with Crippen molar-refractivity contribution in [3.05, 3.63) is 76.8 Å².